The fraction of sp³-hybridized carbons (Fsp3) is 0.440. The van der Waals surface area contributed by atoms with Gasteiger partial charge in [-0.1, -0.05) is 44.7 Å². The van der Waals surface area contributed by atoms with Crippen molar-refractivity contribution in [1.29, 1.82) is 0 Å². The minimum absolute atomic E-state index is 0.0432. The van der Waals surface area contributed by atoms with E-state index in [1.54, 1.807) is 23.0 Å². The first-order chi connectivity index (χ1) is 15.8. The van der Waals surface area contributed by atoms with Crippen molar-refractivity contribution in [2.75, 3.05) is 5.75 Å². The lowest BCUT2D eigenvalue weighted by Gasteiger charge is -2.34. The van der Waals surface area contributed by atoms with Crippen LogP contribution in [0.3, 0.4) is 0 Å². The highest BCUT2D eigenvalue weighted by Crippen LogP contribution is 2.63. The number of benzene rings is 1. The fourth-order valence-corrected chi connectivity index (χ4v) is 6.14. The minimum atomic E-state index is -0.205. The predicted molar refractivity (Wildman–Crippen MR) is 129 cm³/mol. The average Bonchev–Trinajstić information content (AvgIpc) is 3.44. The Labute approximate surface area is 196 Å². The van der Waals surface area contributed by atoms with Gasteiger partial charge in [-0.2, -0.15) is 5.10 Å². The second-order valence-electron chi connectivity index (χ2n) is 9.76. The Kier molecular flexibility index (Phi) is 5.43. The lowest BCUT2D eigenvalue weighted by molar-refractivity contribution is -0.118. The van der Waals surface area contributed by atoms with Crippen LogP contribution in [0.2, 0.25) is 0 Å². The van der Waals surface area contributed by atoms with Gasteiger partial charge in [-0.05, 0) is 54.9 Å². The molecule has 1 aromatic carbocycles. The van der Waals surface area contributed by atoms with Crippen molar-refractivity contribution < 1.29 is 9.21 Å². The van der Waals surface area contributed by atoms with E-state index in [4.69, 9.17) is 4.42 Å². The second kappa shape index (κ2) is 8.17. The molecule has 5 rings (SSSR count). The van der Waals surface area contributed by atoms with Crippen LogP contribution in [0.25, 0.3) is 10.9 Å². The van der Waals surface area contributed by atoms with Gasteiger partial charge in [0.25, 0.3) is 11.5 Å². The lowest BCUT2D eigenvalue weighted by Crippen LogP contribution is -2.34. The van der Waals surface area contributed by atoms with Gasteiger partial charge >= 0.3 is 0 Å². The number of aromatic nitrogens is 2. The van der Waals surface area contributed by atoms with Crippen LogP contribution in [0.1, 0.15) is 45.8 Å². The summed E-state index contributed by atoms with van der Waals surface area (Å²) in [5.41, 5.74) is 4.56. The molecule has 8 heteroatoms. The molecule has 33 heavy (non-hydrogen) atoms. The molecule has 2 unspecified atom stereocenters. The number of carbonyl (C=O) groups excluding carboxylic acids is 1. The number of nitrogens with zero attached hydrogens (tertiary/aromatic N) is 3. The molecule has 3 aromatic rings. The monoisotopic (exact) mass is 464 g/mol. The molecule has 2 aromatic heterocycles. The predicted octanol–water partition coefficient (Wildman–Crippen LogP) is 4.45. The third kappa shape index (κ3) is 3.70. The zero-order chi connectivity index (χ0) is 23.2. The Balaban J connectivity index is 1.34. The Morgan fingerprint density at radius 3 is 2.79 bits per heavy atom. The van der Waals surface area contributed by atoms with Gasteiger partial charge in [0.05, 0.1) is 29.5 Å². The number of para-hydroxylation sites is 1. The molecular formula is C25H28N4O3S. The summed E-state index contributed by atoms with van der Waals surface area (Å²) >= 11 is 1.23. The topological polar surface area (TPSA) is 89.5 Å². The number of hydrazone groups is 1. The zero-order valence-corrected chi connectivity index (χ0v) is 19.9. The summed E-state index contributed by atoms with van der Waals surface area (Å²) in [7, 11) is 0. The van der Waals surface area contributed by atoms with Crippen LogP contribution in [0.5, 0.6) is 0 Å². The molecule has 2 aliphatic carbocycles. The lowest BCUT2D eigenvalue weighted by atomic mass is 9.70. The van der Waals surface area contributed by atoms with Crippen molar-refractivity contribution in [1.82, 2.24) is 15.0 Å². The molecule has 0 spiro atoms. The van der Waals surface area contributed by atoms with Crippen molar-refractivity contribution in [3.05, 3.63) is 58.8 Å². The van der Waals surface area contributed by atoms with Crippen molar-refractivity contribution >= 4 is 34.3 Å². The highest BCUT2D eigenvalue weighted by Gasteiger charge is 2.60. The number of hydrogen-bond acceptors (Lipinski definition) is 6. The number of hydrogen-bond donors (Lipinski definition) is 1. The molecule has 0 aliphatic heterocycles. The van der Waals surface area contributed by atoms with Crippen LogP contribution in [0.15, 0.2) is 62.1 Å². The van der Waals surface area contributed by atoms with E-state index in [1.165, 1.54) is 18.2 Å². The summed E-state index contributed by atoms with van der Waals surface area (Å²) in [5, 5.41) is 5.55. The summed E-state index contributed by atoms with van der Waals surface area (Å²) in [5.74, 6) is 1.19. The maximum absolute atomic E-state index is 13.1. The summed E-state index contributed by atoms with van der Waals surface area (Å²) in [4.78, 5) is 30.4. The summed E-state index contributed by atoms with van der Waals surface area (Å²) in [6.07, 6.45) is 4.87. The fourth-order valence-electron chi connectivity index (χ4n) is 5.35. The van der Waals surface area contributed by atoms with Crippen molar-refractivity contribution in [2.45, 2.75) is 51.7 Å². The van der Waals surface area contributed by atoms with E-state index in [9.17, 15) is 9.59 Å². The van der Waals surface area contributed by atoms with E-state index in [-0.39, 0.29) is 34.6 Å². The first-order valence-corrected chi connectivity index (χ1v) is 12.3. The number of furan rings is 1. The molecule has 0 radical (unpaired) electrons. The first kappa shape index (κ1) is 21.9. The molecule has 2 saturated carbocycles. The van der Waals surface area contributed by atoms with E-state index in [2.05, 4.69) is 36.3 Å². The number of fused-ring (bicyclic) bond motifs is 3. The Hall–Kier alpha value is -2.87. The van der Waals surface area contributed by atoms with E-state index < -0.39 is 0 Å². The van der Waals surface area contributed by atoms with Gasteiger partial charge < -0.3 is 4.42 Å². The number of amides is 1. The Bertz CT molecular complexity index is 1290. The van der Waals surface area contributed by atoms with Crippen LogP contribution >= 0.6 is 11.8 Å². The molecule has 2 heterocycles. The van der Waals surface area contributed by atoms with Crippen LogP contribution in [0.4, 0.5) is 0 Å². The zero-order valence-electron chi connectivity index (χ0n) is 19.1. The Morgan fingerprint density at radius 2 is 2.09 bits per heavy atom. The van der Waals surface area contributed by atoms with Gasteiger partial charge in [0.2, 0.25) is 0 Å². The molecular weight excluding hydrogens is 436 g/mol. The number of nitrogens with one attached hydrogen (secondary N) is 1. The smallest absolute Gasteiger partial charge is 0.262 e. The van der Waals surface area contributed by atoms with E-state index in [0.29, 0.717) is 27.7 Å². The van der Waals surface area contributed by atoms with Gasteiger partial charge in [0, 0.05) is 11.1 Å². The van der Waals surface area contributed by atoms with Crippen LogP contribution in [-0.4, -0.2) is 26.9 Å². The normalized spacial score (nSPS) is 24.6. The third-order valence-corrected chi connectivity index (χ3v) is 8.86. The van der Waals surface area contributed by atoms with Crippen LogP contribution in [-0.2, 0) is 11.3 Å². The van der Waals surface area contributed by atoms with Gasteiger partial charge in [0.1, 0.15) is 5.76 Å². The molecule has 2 aliphatic rings. The summed E-state index contributed by atoms with van der Waals surface area (Å²) in [6, 6.07) is 10.8. The molecule has 1 amide bonds. The minimum Gasteiger partial charge on any atom is -0.467 e. The molecule has 7 nitrogen and oxygen atoms in total. The van der Waals surface area contributed by atoms with Crippen LogP contribution in [0, 0.1) is 16.7 Å². The first-order valence-electron chi connectivity index (χ1n) is 11.3. The maximum Gasteiger partial charge on any atom is 0.262 e. The number of carbonyl (C=O) groups is 1. The molecule has 2 fully saturated rings. The highest BCUT2D eigenvalue weighted by atomic mass is 32.2. The van der Waals surface area contributed by atoms with Crippen molar-refractivity contribution in [3.63, 3.8) is 0 Å². The van der Waals surface area contributed by atoms with Gasteiger partial charge in [-0.3, -0.25) is 14.2 Å². The molecule has 1 N–H and O–H groups in total. The maximum atomic E-state index is 13.1. The van der Waals surface area contributed by atoms with E-state index in [1.807, 2.05) is 24.3 Å². The standard InChI is InChI=1S/C25H28N4O3S/c1-24(2)16-10-11-25(24,3)20(13-16)27-28-21(30)15-33-23-26-19-9-5-4-8-18(19)22(31)29(23)14-17-7-6-12-32-17/h4-9,12,16H,10-11,13-15H2,1-3H3,(H,28,30)/b27-20-. The quantitative estimate of drug-likeness (QED) is 0.331. The van der Waals surface area contributed by atoms with Crippen LogP contribution < -0.4 is 11.0 Å². The molecule has 0 saturated heterocycles. The summed E-state index contributed by atoms with van der Waals surface area (Å²) in [6.45, 7) is 7.15. The number of thioether (sulfide) groups is 1. The van der Waals surface area contributed by atoms with E-state index in [0.717, 1.165) is 18.6 Å². The molecule has 2 bridgehead atoms. The van der Waals surface area contributed by atoms with Crippen molar-refractivity contribution in [3.8, 4) is 0 Å². The summed E-state index contributed by atoms with van der Waals surface area (Å²) < 4.78 is 7.00. The number of rotatable bonds is 6. The Morgan fingerprint density at radius 1 is 1.27 bits per heavy atom. The molecule has 2 atom stereocenters. The average molecular weight is 465 g/mol. The second-order valence-corrected chi connectivity index (χ2v) is 10.7. The van der Waals surface area contributed by atoms with Gasteiger partial charge in [-0.25, -0.2) is 10.4 Å². The molecule has 172 valence electrons. The van der Waals surface area contributed by atoms with Gasteiger partial charge in [-0.15, -0.1) is 0 Å². The van der Waals surface area contributed by atoms with Crippen molar-refractivity contribution in [2.24, 2.45) is 21.8 Å². The third-order valence-electron chi connectivity index (χ3n) is 7.88. The SMILES string of the molecule is CC12CCC(C/C1=N/NC(=O)CSc1nc3ccccc3c(=O)n1Cc1ccco1)C2(C)C. The largest absolute Gasteiger partial charge is 0.467 e. The van der Waals surface area contributed by atoms with Gasteiger partial charge in [0.15, 0.2) is 5.16 Å². The highest BCUT2D eigenvalue weighted by molar-refractivity contribution is 7.99. The van der Waals surface area contributed by atoms with E-state index >= 15 is 0 Å².